The van der Waals surface area contributed by atoms with Crippen LogP contribution in [0.1, 0.15) is 51.1 Å². The third kappa shape index (κ3) is 6.17. The Kier molecular flexibility index (Phi) is 7.83. The van der Waals surface area contributed by atoms with Gasteiger partial charge in [0.05, 0.1) is 13.2 Å². The molecule has 1 unspecified atom stereocenters. The predicted molar refractivity (Wildman–Crippen MR) is 86.2 cm³/mol. The van der Waals surface area contributed by atoms with E-state index in [4.69, 9.17) is 10.5 Å². The van der Waals surface area contributed by atoms with Crippen molar-refractivity contribution in [2.75, 3.05) is 13.7 Å². The van der Waals surface area contributed by atoms with Crippen molar-refractivity contribution < 1.29 is 9.53 Å². The van der Waals surface area contributed by atoms with Crippen LogP contribution in [0, 0.1) is 5.92 Å². The minimum Gasteiger partial charge on any atom is -0.497 e. The van der Waals surface area contributed by atoms with Crippen LogP contribution in [0.5, 0.6) is 5.75 Å². The Morgan fingerprint density at radius 1 is 1.38 bits per heavy atom. The Labute approximate surface area is 128 Å². The van der Waals surface area contributed by atoms with Gasteiger partial charge in [0.15, 0.2) is 0 Å². The maximum atomic E-state index is 12.0. The summed E-state index contributed by atoms with van der Waals surface area (Å²) in [5.74, 6) is 1.45. The first-order valence-corrected chi connectivity index (χ1v) is 7.74. The van der Waals surface area contributed by atoms with Crippen LogP contribution in [0.2, 0.25) is 0 Å². The summed E-state index contributed by atoms with van der Waals surface area (Å²) in [6, 6.07) is 7.77. The van der Waals surface area contributed by atoms with Crippen molar-refractivity contribution in [1.29, 1.82) is 0 Å². The molecule has 1 aromatic rings. The summed E-state index contributed by atoms with van der Waals surface area (Å²) in [6.07, 6.45) is 3.54. The van der Waals surface area contributed by atoms with Gasteiger partial charge in [-0.25, -0.2) is 0 Å². The lowest BCUT2D eigenvalue weighted by Crippen LogP contribution is -2.27. The van der Waals surface area contributed by atoms with Crippen molar-refractivity contribution in [1.82, 2.24) is 5.32 Å². The van der Waals surface area contributed by atoms with Gasteiger partial charge < -0.3 is 15.8 Å². The molecule has 3 N–H and O–H groups in total. The Morgan fingerprint density at radius 3 is 2.76 bits per heavy atom. The van der Waals surface area contributed by atoms with Crippen LogP contribution in [0.3, 0.4) is 0 Å². The van der Waals surface area contributed by atoms with Crippen LogP contribution in [-0.2, 0) is 4.79 Å². The van der Waals surface area contributed by atoms with Crippen molar-refractivity contribution in [2.45, 2.75) is 45.6 Å². The van der Waals surface area contributed by atoms with E-state index in [2.05, 4.69) is 12.2 Å². The van der Waals surface area contributed by atoms with Crippen LogP contribution in [0.4, 0.5) is 0 Å². The number of benzene rings is 1. The average molecular weight is 292 g/mol. The van der Waals surface area contributed by atoms with E-state index in [-0.39, 0.29) is 11.9 Å². The molecular weight excluding hydrogens is 264 g/mol. The van der Waals surface area contributed by atoms with Crippen LogP contribution < -0.4 is 15.8 Å². The molecule has 2 atom stereocenters. The fourth-order valence-electron chi connectivity index (χ4n) is 2.43. The summed E-state index contributed by atoms with van der Waals surface area (Å²) >= 11 is 0. The molecule has 0 spiro atoms. The number of amides is 1. The van der Waals surface area contributed by atoms with E-state index in [0.29, 0.717) is 18.9 Å². The molecule has 4 heteroatoms. The lowest BCUT2D eigenvalue weighted by molar-refractivity contribution is -0.122. The quantitative estimate of drug-likeness (QED) is 0.735. The zero-order chi connectivity index (χ0) is 15.7. The first-order valence-electron chi connectivity index (χ1n) is 7.74. The summed E-state index contributed by atoms with van der Waals surface area (Å²) in [5.41, 5.74) is 6.64. The number of nitrogens with two attached hydrogens (primary N) is 1. The van der Waals surface area contributed by atoms with Gasteiger partial charge >= 0.3 is 0 Å². The lowest BCUT2D eigenvalue weighted by Gasteiger charge is -2.17. The predicted octanol–water partition coefficient (Wildman–Crippen LogP) is 3.03. The van der Waals surface area contributed by atoms with Crippen LogP contribution in [0.25, 0.3) is 0 Å². The molecule has 21 heavy (non-hydrogen) atoms. The molecule has 0 saturated heterocycles. The zero-order valence-electron chi connectivity index (χ0n) is 13.4. The third-order valence-electron chi connectivity index (χ3n) is 3.90. The van der Waals surface area contributed by atoms with Crippen LogP contribution in [-0.4, -0.2) is 19.6 Å². The standard InChI is InChI=1S/C17H28N2O2/c1-4-14(10-11-18)8-9-17(20)19-13(2)15-6-5-7-16(12-15)21-3/h5-7,12-14H,4,8-11,18H2,1-3H3,(H,19,20)/t13-,14?/m1/s1. The molecule has 4 nitrogen and oxygen atoms in total. The molecule has 0 aliphatic heterocycles. The Bertz CT molecular complexity index is 435. The first kappa shape index (κ1) is 17.5. The highest BCUT2D eigenvalue weighted by atomic mass is 16.5. The molecular formula is C17H28N2O2. The fourth-order valence-corrected chi connectivity index (χ4v) is 2.43. The number of hydrogen-bond acceptors (Lipinski definition) is 3. The highest BCUT2D eigenvalue weighted by Gasteiger charge is 2.12. The molecule has 1 amide bonds. The van der Waals surface area contributed by atoms with E-state index in [1.165, 1.54) is 0 Å². The summed E-state index contributed by atoms with van der Waals surface area (Å²) in [4.78, 5) is 12.0. The number of methoxy groups -OCH3 is 1. The van der Waals surface area contributed by atoms with Crippen LogP contribution in [0.15, 0.2) is 24.3 Å². The van der Waals surface area contributed by atoms with E-state index in [9.17, 15) is 4.79 Å². The zero-order valence-corrected chi connectivity index (χ0v) is 13.4. The van der Waals surface area contributed by atoms with E-state index in [1.54, 1.807) is 7.11 Å². The molecule has 0 aromatic heterocycles. The second-order valence-corrected chi connectivity index (χ2v) is 5.46. The number of nitrogens with one attached hydrogen (secondary N) is 1. The largest absolute Gasteiger partial charge is 0.497 e. The lowest BCUT2D eigenvalue weighted by atomic mass is 9.96. The molecule has 1 aromatic carbocycles. The maximum Gasteiger partial charge on any atom is 0.220 e. The minimum absolute atomic E-state index is 0.0119. The Hall–Kier alpha value is -1.55. The average Bonchev–Trinajstić information content (AvgIpc) is 2.51. The summed E-state index contributed by atoms with van der Waals surface area (Å²) in [6.45, 7) is 4.83. The van der Waals surface area contributed by atoms with Gasteiger partial charge in [0.2, 0.25) is 5.91 Å². The van der Waals surface area contributed by atoms with E-state index in [1.807, 2.05) is 31.2 Å². The molecule has 0 aliphatic rings. The van der Waals surface area contributed by atoms with Gasteiger partial charge in [-0.1, -0.05) is 25.5 Å². The van der Waals surface area contributed by atoms with Gasteiger partial charge in [-0.3, -0.25) is 4.79 Å². The molecule has 0 bridgehead atoms. The van der Waals surface area contributed by atoms with Gasteiger partial charge in [0, 0.05) is 6.42 Å². The number of hydrogen-bond donors (Lipinski definition) is 2. The van der Waals surface area contributed by atoms with E-state index < -0.39 is 0 Å². The highest BCUT2D eigenvalue weighted by molar-refractivity contribution is 5.76. The molecule has 1 rings (SSSR count). The van der Waals surface area contributed by atoms with Gasteiger partial charge in [0.1, 0.15) is 5.75 Å². The summed E-state index contributed by atoms with van der Waals surface area (Å²) < 4.78 is 5.21. The monoisotopic (exact) mass is 292 g/mol. The molecule has 0 saturated carbocycles. The Balaban J connectivity index is 2.46. The summed E-state index contributed by atoms with van der Waals surface area (Å²) in [5, 5.41) is 3.04. The molecule has 118 valence electrons. The fraction of sp³-hybridized carbons (Fsp3) is 0.588. The van der Waals surface area contributed by atoms with Crippen molar-refractivity contribution in [2.24, 2.45) is 11.7 Å². The maximum absolute atomic E-state index is 12.0. The smallest absolute Gasteiger partial charge is 0.220 e. The van der Waals surface area contributed by atoms with Crippen molar-refractivity contribution in [3.05, 3.63) is 29.8 Å². The summed E-state index contributed by atoms with van der Waals surface area (Å²) in [7, 11) is 1.64. The van der Waals surface area contributed by atoms with Crippen molar-refractivity contribution in [3.63, 3.8) is 0 Å². The topological polar surface area (TPSA) is 64.4 Å². The number of rotatable bonds is 9. The normalized spacial score (nSPS) is 13.5. The molecule has 0 aliphatic carbocycles. The van der Waals surface area contributed by atoms with Gasteiger partial charge in [0.25, 0.3) is 0 Å². The first-order chi connectivity index (χ1) is 10.1. The molecule has 0 heterocycles. The van der Waals surface area contributed by atoms with Gasteiger partial charge in [-0.05, 0) is 49.9 Å². The SMILES string of the molecule is CCC(CCN)CCC(=O)N[C@H](C)c1cccc(OC)c1. The van der Waals surface area contributed by atoms with Gasteiger partial charge in [-0.2, -0.15) is 0 Å². The van der Waals surface area contributed by atoms with E-state index in [0.717, 1.165) is 30.6 Å². The van der Waals surface area contributed by atoms with Crippen molar-refractivity contribution >= 4 is 5.91 Å². The number of carbonyl (C=O) groups excluding carboxylic acids is 1. The number of carbonyl (C=O) groups is 1. The van der Waals surface area contributed by atoms with Crippen LogP contribution >= 0.6 is 0 Å². The van der Waals surface area contributed by atoms with Crippen molar-refractivity contribution in [3.8, 4) is 5.75 Å². The Morgan fingerprint density at radius 2 is 2.14 bits per heavy atom. The van der Waals surface area contributed by atoms with Gasteiger partial charge in [-0.15, -0.1) is 0 Å². The third-order valence-corrected chi connectivity index (χ3v) is 3.90. The van der Waals surface area contributed by atoms with E-state index >= 15 is 0 Å². The minimum atomic E-state index is -0.0119. The molecule has 0 fully saturated rings. The second-order valence-electron chi connectivity index (χ2n) is 5.46. The second kappa shape index (κ2) is 9.40. The molecule has 0 radical (unpaired) electrons. The highest BCUT2D eigenvalue weighted by Crippen LogP contribution is 2.19. The number of ether oxygens (including phenoxy) is 1.